The summed E-state index contributed by atoms with van der Waals surface area (Å²) >= 11 is 1.75. The largest absolute Gasteiger partial charge is 0.395 e. The fraction of sp³-hybridized carbons (Fsp3) is 1.00. The molecule has 1 heterocycles. The molecule has 0 aromatic rings. The van der Waals surface area contributed by atoms with Crippen LogP contribution in [-0.4, -0.2) is 77.0 Å². The molecule has 1 rings (SSSR count). The Balaban J connectivity index is 2.23. The Bertz CT molecular complexity index is 317. The van der Waals surface area contributed by atoms with Gasteiger partial charge in [0.05, 0.1) is 6.61 Å². The van der Waals surface area contributed by atoms with Crippen LogP contribution in [-0.2, 0) is 10.1 Å². The van der Waals surface area contributed by atoms with Crippen molar-refractivity contribution in [2.24, 2.45) is 0 Å². The van der Waals surface area contributed by atoms with Crippen LogP contribution in [0.1, 0.15) is 6.42 Å². The summed E-state index contributed by atoms with van der Waals surface area (Å²) in [5.74, 6) is 0. The second-order valence-electron chi connectivity index (χ2n) is 4.12. The molecule has 0 saturated carbocycles. The van der Waals surface area contributed by atoms with Crippen LogP contribution in [0.25, 0.3) is 0 Å². The molecule has 0 aromatic heterocycles. The first kappa shape index (κ1) is 15.6. The number of aliphatic hydroxyl groups excluding tert-OH is 1. The molecule has 0 radical (unpaired) electrons. The Hall–Kier alpha value is 0.520. The molecular weight excluding hydrogens is 359 g/mol. The van der Waals surface area contributed by atoms with Crippen LogP contribution in [0.5, 0.6) is 0 Å². The van der Waals surface area contributed by atoms with E-state index in [-0.39, 0.29) is 6.61 Å². The molecule has 8 heteroatoms. The van der Waals surface area contributed by atoms with E-state index in [0.717, 1.165) is 26.2 Å². The highest BCUT2D eigenvalue weighted by molar-refractivity contribution is 14.1. The minimum Gasteiger partial charge on any atom is -0.395 e. The predicted octanol–water partition coefficient (Wildman–Crippen LogP) is -0.365. The van der Waals surface area contributed by atoms with Gasteiger partial charge in [-0.15, -0.1) is 0 Å². The Kier molecular flexibility index (Phi) is 6.59. The fourth-order valence-corrected chi connectivity index (χ4v) is 2.49. The summed E-state index contributed by atoms with van der Waals surface area (Å²) in [6.45, 7) is 5.13. The molecule has 1 aliphatic heterocycles. The molecule has 6 nitrogen and oxygen atoms in total. The van der Waals surface area contributed by atoms with E-state index in [4.69, 9.17) is 9.66 Å². The molecule has 17 heavy (non-hydrogen) atoms. The van der Waals surface area contributed by atoms with Gasteiger partial charge in [0, 0.05) is 39.3 Å². The number of nitrogens with zero attached hydrogens (tertiary/aromatic N) is 2. The highest BCUT2D eigenvalue weighted by Gasteiger charge is 2.22. The topological polar surface area (TPSA) is 81.1 Å². The Labute approximate surface area is 116 Å². The molecule has 1 saturated heterocycles. The molecule has 1 unspecified atom stereocenters. The molecule has 1 fully saturated rings. The van der Waals surface area contributed by atoms with Crippen molar-refractivity contribution in [1.29, 1.82) is 0 Å². The molecule has 0 spiro atoms. The third-order valence-corrected chi connectivity index (χ3v) is 6.31. The second-order valence-corrected chi connectivity index (χ2v) is 8.07. The molecule has 0 aliphatic carbocycles. The Morgan fingerprint density at radius 2 is 1.59 bits per heavy atom. The molecule has 2 N–H and O–H groups in total. The molecule has 0 amide bonds. The van der Waals surface area contributed by atoms with Crippen molar-refractivity contribution >= 4 is 32.7 Å². The van der Waals surface area contributed by atoms with Crippen LogP contribution in [0, 0.1) is 0 Å². The van der Waals surface area contributed by atoms with Crippen molar-refractivity contribution in [3.8, 4) is 0 Å². The average Bonchev–Trinajstić information content (AvgIpc) is 2.27. The lowest BCUT2D eigenvalue weighted by Gasteiger charge is -2.34. The first-order valence-corrected chi connectivity index (χ1v) is 8.34. The number of hydrogen-bond acceptors (Lipinski definition) is 5. The van der Waals surface area contributed by atoms with Gasteiger partial charge in [-0.25, -0.2) is 0 Å². The van der Waals surface area contributed by atoms with E-state index in [9.17, 15) is 8.42 Å². The normalized spacial score (nSPS) is 21.6. The molecular formula is C9H19IN2O4S. The molecule has 1 atom stereocenters. The third-order valence-electron chi connectivity index (χ3n) is 2.88. The molecule has 0 aromatic carbocycles. The predicted molar refractivity (Wildman–Crippen MR) is 73.9 cm³/mol. The number of β-amino-alcohol motifs (C(OH)–C–C–N with tert-alkyl or cyclic N) is 1. The van der Waals surface area contributed by atoms with Gasteiger partial charge >= 0.3 is 0 Å². The van der Waals surface area contributed by atoms with Gasteiger partial charge in [0.1, 0.15) is 3.26 Å². The standard InChI is InChI=1S/C9H19IN2O4S/c10-9(17(14,15)16)1-2-11-3-5-12(6-4-11)7-8-13/h9,13H,1-8H2,(H,14,15,16). The fourth-order valence-electron chi connectivity index (χ4n) is 1.81. The van der Waals surface area contributed by atoms with Crippen LogP contribution in [0.4, 0.5) is 0 Å². The van der Waals surface area contributed by atoms with E-state index in [2.05, 4.69) is 9.80 Å². The first-order valence-electron chi connectivity index (χ1n) is 5.59. The van der Waals surface area contributed by atoms with Crippen molar-refractivity contribution in [1.82, 2.24) is 9.80 Å². The minimum absolute atomic E-state index is 0.179. The van der Waals surface area contributed by atoms with Gasteiger partial charge < -0.3 is 10.0 Å². The van der Waals surface area contributed by atoms with Gasteiger partial charge in [-0.2, -0.15) is 8.42 Å². The summed E-state index contributed by atoms with van der Waals surface area (Å²) in [6, 6.07) is 0. The summed E-state index contributed by atoms with van der Waals surface area (Å²) in [4.78, 5) is 4.37. The van der Waals surface area contributed by atoms with Crippen molar-refractivity contribution < 1.29 is 18.1 Å². The quantitative estimate of drug-likeness (QED) is 0.373. The minimum atomic E-state index is -3.91. The van der Waals surface area contributed by atoms with Crippen LogP contribution in [0.15, 0.2) is 0 Å². The lowest BCUT2D eigenvalue weighted by Crippen LogP contribution is -2.47. The van der Waals surface area contributed by atoms with E-state index in [1.807, 2.05) is 0 Å². The molecule has 0 bridgehead atoms. The number of halogens is 1. The van der Waals surface area contributed by atoms with E-state index in [1.54, 1.807) is 22.6 Å². The summed E-state index contributed by atoms with van der Waals surface area (Å²) in [5, 5.41) is 8.80. The van der Waals surface area contributed by atoms with Gasteiger partial charge in [0.2, 0.25) is 0 Å². The van der Waals surface area contributed by atoms with Gasteiger partial charge in [-0.05, 0) is 6.42 Å². The zero-order valence-corrected chi connectivity index (χ0v) is 12.6. The SMILES string of the molecule is O=S(=O)(O)C(I)CCN1CCN(CCO)CC1. The zero-order chi connectivity index (χ0) is 12.9. The molecule has 102 valence electrons. The van der Waals surface area contributed by atoms with Crippen LogP contribution < -0.4 is 0 Å². The van der Waals surface area contributed by atoms with Crippen molar-refractivity contribution in [3.05, 3.63) is 0 Å². The second kappa shape index (κ2) is 7.19. The number of aliphatic hydroxyl groups is 1. The van der Waals surface area contributed by atoms with Crippen molar-refractivity contribution in [3.63, 3.8) is 0 Å². The van der Waals surface area contributed by atoms with E-state index >= 15 is 0 Å². The van der Waals surface area contributed by atoms with Crippen LogP contribution in [0.3, 0.4) is 0 Å². The van der Waals surface area contributed by atoms with Gasteiger partial charge in [-0.3, -0.25) is 9.45 Å². The Morgan fingerprint density at radius 3 is 2.00 bits per heavy atom. The van der Waals surface area contributed by atoms with Crippen LogP contribution in [0.2, 0.25) is 0 Å². The average molecular weight is 378 g/mol. The maximum atomic E-state index is 10.8. The zero-order valence-electron chi connectivity index (χ0n) is 9.63. The maximum absolute atomic E-state index is 10.8. The number of hydrogen-bond donors (Lipinski definition) is 2. The maximum Gasteiger partial charge on any atom is 0.277 e. The number of piperazine rings is 1. The number of alkyl halides is 1. The monoisotopic (exact) mass is 378 g/mol. The summed E-state index contributed by atoms with van der Waals surface area (Å²) in [6.07, 6.45) is 0.444. The highest BCUT2D eigenvalue weighted by atomic mass is 127. The van der Waals surface area contributed by atoms with E-state index in [0.29, 0.717) is 19.5 Å². The summed E-state index contributed by atoms with van der Waals surface area (Å²) in [5.41, 5.74) is 0. The lowest BCUT2D eigenvalue weighted by molar-refractivity contribution is 0.112. The lowest BCUT2D eigenvalue weighted by atomic mass is 10.3. The van der Waals surface area contributed by atoms with Crippen molar-refractivity contribution in [2.75, 3.05) is 45.9 Å². The van der Waals surface area contributed by atoms with Gasteiger partial charge in [0.25, 0.3) is 10.1 Å². The van der Waals surface area contributed by atoms with E-state index in [1.165, 1.54) is 0 Å². The smallest absolute Gasteiger partial charge is 0.277 e. The summed E-state index contributed by atoms with van der Waals surface area (Å²) < 4.78 is 29.8. The molecule has 1 aliphatic rings. The van der Waals surface area contributed by atoms with Crippen molar-refractivity contribution in [2.45, 2.75) is 9.68 Å². The van der Waals surface area contributed by atoms with Crippen LogP contribution >= 0.6 is 22.6 Å². The highest BCUT2D eigenvalue weighted by Crippen LogP contribution is 2.14. The summed E-state index contributed by atoms with van der Waals surface area (Å²) in [7, 11) is -3.91. The van der Waals surface area contributed by atoms with Gasteiger partial charge in [0.15, 0.2) is 0 Å². The van der Waals surface area contributed by atoms with E-state index < -0.39 is 13.4 Å². The third kappa shape index (κ3) is 5.79. The Morgan fingerprint density at radius 1 is 1.12 bits per heavy atom. The van der Waals surface area contributed by atoms with Gasteiger partial charge in [-0.1, -0.05) is 22.6 Å². The first-order chi connectivity index (χ1) is 7.93. The number of rotatable bonds is 6.